The predicted octanol–water partition coefficient (Wildman–Crippen LogP) is 5.14. The number of halogens is 4. The SMILES string of the molecule is CC(=O)N1CCCN(Cc2ccccc2)CCN(C(=O)c2c(F)cccc2F)Cc2cc(F)c(F)cc21. The van der Waals surface area contributed by atoms with Gasteiger partial charge in [-0.15, -0.1) is 0 Å². The average molecular weight is 514 g/mol. The molecule has 3 aromatic carbocycles. The number of nitrogens with zero attached hydrogens (tertiary/aromatic N) is 3. The first kappa shape index (κ1) is 26.3. The van der Waals surface area contributed by atoms with Gasteiger partial charge in [0.25, 0.3) is 5.91 Å². The van der Waals surface area contributed by atoms with Crippen molar-refractivity contribution in [1.29, 1.82) is 0 Å². The summed E-state index contributed by atoms with van der Waals surface area (Å²) >= 11 is 0. The summed E-state index contributed by atoms with van der Waals surface area (Å²) in [5.41, 5.74) is 0.594. The minimum atomic E-state index is -1.15. The number of rotatable bonds is 3. The van der Waals surface area contributed by atoms with E-state index in [2.05, 4.69) is 4.90 Å². The number of fused-ring (bicyclic) bond motifs is 1. The molecule has 0 saturated heterocycles. The molecule has 1 aliphatic heterocycles. The van der Waals surface area contributed by atoms with Gasteiger partial charge < -0.3 is 9.80 Å². The molecule has 4 rings (SSSR count). The lowest BCUT2D eigenvalue weighted by Gasteiger charge is -2.28. The van der Waals surface area contributed by atoms with E-state index < -0.39 is 34.7 Å². The fourth-order valence-corrected chi connectivity index (χ4v) is 4.55. The maximum Gasteiger partial charge on any atom is 0.260 e. The molecular weight excluding hydrogens is 486 g/mol. The van der Waals surface area contributed by atoms with Crippen LogP contribution in [0.25, 0.3) is 0 Å². The molecule has 0 N–H and O–H groups in total. The number of hydrogen-bond acceptors (Lipinski definition) is 3. The summed E-state index contributed by atoms with van der Waals surface area (Å²) < 4.78 is 57.6. The van der Waals surface area contributed by atoms with E-state index in [0.717, 1.165) is 35.9 Å². The normalized spacial score (nSPS) is 15.2. The van der Waals surface area contributed by atoms with Gasteiger partial charge in [-0.25, -0.2) is 17.6 Å². The molecule has 0 atom stereocenters. The summed E-state index contributed by atoms with van der Waals surface area (Å²) in [5, 5.41) is 0. The zero-order valence-corrected chi connectivity index (χ0v) is 20.4. The Morgan fingerprint density at radius 1 is 0.784 bits per heavy atom. The van der Waals surface area contributed by atoms with Crippen LogP contribution in [0.3, 0.4) is 0 Å². The number of hydrogen-bond donors (Lipinski definition) is 0. The van der Waals surface area contributed by atoms with E-state index in [1.165, 1.54) is 16.7 Å². The first-order valence-corrected chi connectivity index (χ1v) is 12.0. The van der Waals surface area contributed by atoms with Gasteiger partial charge >= 0.3 is 0 Å². The number of carbonyl (C=O) groups is 2. The van der Waals surface area contributed by atoms with Crippen molar-refractivity contribution < 1.29 is 27.2 Å². The highest BCUT2D eigenvalue weighted by molar-refractivity contribution is 5.95. The topological polar surface area (TPSA) is 43.9 Å². The summed E-state index contributed by atoms with van der Waals surface area (Å²) in [6, 6.07) is 14.7. The fraction of sp³-hybridized carbons (Fsp3) is 0.286. The van der Waals surface area contributed by atoms with Crippen molar-refractivity contribution in [2.45, 2.75) is 26.4 Å². The molecule has 0 fully saturated rings. The predicted molar refractivity (Wildman–Crippen MR) is 132 cm³/mol. The van der Waals surface area contributed by atoms with E-state index in [1.54, 1.807) is 0 Å². The van der Waals surface area contributed by atoms with Crippen LogP contribution in [0.5, 0.6) is 0 Å². The lowest BCUT2D eigenvalue weighted by atomic mass is 10.1. The van der Waals surface area contributed by atoms with Crippen molar-refractivity contribution in [2.75, 3.05) is 31.1 Å². The van der Waals surface area contributed by atoms with E-state index >= 15 is 0 Å². The van der Waals surface area contributed by atoms with E-state index in [0.29, 0.717) is 26.1 Å². The Labute approximate surface area is 212 Å². The molecule has 1 aliphatic rings. The van der Waals surface area contributed by atoms with Crippen molar-refractivity contribution in [3.8, 4) is 0 Å². The Morgan fingerprint density at radius 2 is 1.46 bits per heavy atom. The van der Waals surface area contributed by atoms with E-state index in [4.69, 9.17) is 0 Å². The van der Waals surface area contributed by atoms with Crippen LogP contribution in [-0.2, 0) is 17.9 Å². The van der Waals surface area contributed by atoms with E-state index in [-0.39, 0.29) is 36.8 Å². The summed E-state index contributed by atoms with van der Waals surface area (Å²) in [5.74, 6) is -5.61. The Balaban J connectivity index is 1.75. The van der Waals surface area contributed by atoms with Crippen LogP contribution in [0.15, 0.2) is 60.7 Å². The molecule has 0 unspecified atom stereocenters. The van der Waals surface area contributed by atoms with Gasteiger partial charge in [-0.2, -0.15) is 0 Å². The van der Waals surface area contributed by atoms with Crippen molar-refractivity contribution in [3.63, 3.8) is 0 Å². The second-order valence-electron chi connectivity index (χ2n) is 9.00. The van der Waals surface area contributed by atoms with Crippen LogP contribution in [0.2, 0.25) is 0 Å². The Hall–Kier alpha value is -3.72. The first-order chi connectivity index (χ1) is 17.7. The highest BCUT2D eigenvalue weighted by atomic mass is 19.2. The molecule has 3 aromatic rings. The molecule has 0 radical (unpaired) electrons. The van der Waals surface area contributed by atoms with E-state index in [1.807, 2.05) is 30.3 Å². The zero-order chi connectivity index (χ0) is 26.5. The van der Waals surface area contributed by atoms with Crippen LogP contribution in [0.1, 0.15) is 34.8 Å². The van der Waals surface area contributed by atoms with Crippen LogP contribution < -0.4 is 4.90 Å². The van der Waals surface area contributed by atoms with Gasteiger partial charge in [0.15, 0.2) is 11.6 Å². The van der Waals surface area contributed by atoms with Gasteiger partial charge in [0, 0.05) is 52.3 Å². The van der Waals surface area contributed by atoms with Gasteiger partial charge in [0.05, 0.1) is 5.69 Å². The maximum atomic E-state index is 14.5. The van der Waals surface area contributed by atoms with Crippen molar-refractivity contribution >= 4 is 17.5 Å². The molecule has 194 valence electrons. The molecule has 0 bridgehead atoms. The van der Waals surface area contributed by atoms with Crippen molar-refractivity contribution in [1.82, 2.24) is 9.80 Å². The first-order valence-electron chi connectivity index (χ1n) is 12.0. The third-order valence-electron chi connectivity index (χ3n) is 6.41. The lowest BCUT2D eigenvalue weighted by Crippen LogP contribution is -2.39. The molecule has 1 heterocycles. The molecular formula is C28H27F4N3O2. The monoisotopic (exact) mass is 513 g/mol. The quantitative estimate of drug-likeness (QED) is 0.456. The highest BCUT2D eigenvalue weighted by Crippen LogP contribution is 2.28. The number of carbonyl (C=O) groups excluding carboxylic acids is 2. The Morgan fingerprint density at radius 3 is 2.14 bits per heavy atom. The van der Waals surface area contributed by atoms with Crippen LogP contribution in [0.4, 0.5) is 23.2 Å². The van der Waals surface area contributed by atoms with Gasteiger partial charge in [0.2, 0.25) is 5.91 Å². The molecule has 5 nitrogen and oxygen atoms in total. The Bertz CT molecular complexity index is 1270. The summed E-state index contributed by atoms with van der Waals surface area (Å²) in [7, 11) is 0. The lowest BCUT2D eigenvalue weighted by molar-refractivity contribution is -0.116. The fourth-order valence-electron chi connectivity index (χ4n) is 4.55. The van der Waals surface area contributed by atoms with Gasteiger partial charge in [0.1, 0.15) is 17.2 Å². The van der Waals surface area contributed by atoms with Crippen LogP contribution in [0, 0.1) is 23.3 Å². The summed E-state index contributed by atoms with van der Waals surface area (Å²) in [4.78, 5) is 30.6. The molecule has 0 aliphatic carbocycles. The molecule has 37 heavy (non-hydrogen) atoms. The van der Waals surface area contributed by atoms with Gasteiger partial charge in [-0.1, -0.05) is 36.4 Å². The zero-order valence-electron chi connectivity index (χ0n) is 20.4. The Kier molecular flexibility index (Phi) is 8.23. The number of anilines is 1. The largest absolute Gasteiger partial charge is 0.333 e. The van der Waals surface area contributed by atoms with Crippen molar-refractivity contribution in [2.24, 2.45) is 0 Å². The van der Waals surface area contributed by atoms with Gasteiger partial charge in [-0.05, 0) is 35.7 Å². The minimum absolute atomic E-state index is 0.0674. The molecule has 0 aromatic heterocycles. The van der Waals surface area contributed by atoms with E-state index in [9.17, 15) is 27.2 Å². The van der Waals surface area contributed by atoms with Crippen LogP contribution >= 0.6 is 0 Å². The molecule has 9 heteroatoms. The van der Waals surface area contributed by atoms with Gasteiger partial charge in [-0.3, -0.25) is 14.5 Å². The molecule has 2 amide bonds. The molecule has 0 spiro atoms. The minimum Gasteiger partial charge on any atom is -0.333 e. The third kappa shape index (κ3) is 6.17. The molecule has 0 saturated carbocycles. The third-order valence-corrected chi connectivity index (χ3v) is 6.41. The number of amides is 2. The maximum absolute atomic E-state index is 14.5. The van der Waals surface area contributed by atoms with Crippen molar-refractivity contribution in [3.05, 3.63) is 101 Å². The standard InChI is InChI=1S/C28H27F4N3O2/c1-19(36)35-12-6-11-33(17-20-7-3-2-4-8-20)13-14-34(18-21-15-24(31)25(32)16-26(21)35)28(37)27-22(29)9-5-10-23(27)30/h2-5,7-10,15-16H,6,11-14,17-18H2,1H3. The second kappa shape index (κ2) is 11.6. The van der Waals surface area contributed by atoms with Crippen LogP contribution in [-0.4, -0.2) is 47.8 Å². The smallest absolute Gasteiger partial charge is 0.260 e. The average Bonchev–Trinajstić information content (AvgIpc) is 2.89. The second-order valence-corrected chi connectivity index (χ2v) is 9.00. The highest BCUT2D eigenvalue weighted by Gasteiger charge is 2.27. The summed E-state index contributed by atoms with van der Waals surface area (Å²) in [6.07, 6.45) is 0.529. The number of benzene rings is 3. The summed E-state index contributed by atoms with van der Waals surface area (Å²) in [6.45, 7) is 2.80.